The van der Waals surface area contributed by atoms with Gasteiger partial charge in [-0.2, -0.15) is 0 Å². The Bertz CT molecular complexity index is 573. The number of aromatic nitrogens is 1. The van der Waals surface area contributed by atoms with Gasteiger partial charge in [0.05, 0.1) is 24.9 Å². The molecule has 2 N–H and O–H groups in total. The number of thiazole rings is 1. The number of hydrogen-bond donors (Lipinski definition) is 2. The molecule has 0 saturated heterocycles. The number of esters is 1. The van der Waals surface area contributed by atoms with Gasteiger partial charge in [0.2, 0.25) is 0 Å². The number of aryl methyl sites for hydroxylation is 1. The lowest BCUT2D eigenvalue weighted by atomic mass is 10.3. The summed E-state index contributed by atoms with van der Waals surface area (Å²) in [7, 11) is 2.08. The van der Waals surface area contributed by atoms with E-state index in [1.165, 1.54) is 11.3 Å². The van der Waals surface area contributed by atoms with Crippen LogP contribution in [-0.4, -0.2) is 61.6 Å². The Morgan fingerprint density at radius 1 is 1.40 bits per heavy atom. The van der Waals surface area contributed by atoms with Crippen LogP contribution in [0.3, 0.4) is 0 Å². The molecule has 25 heavy (non-hydrogen) atoms. The predicted octanol–water partition coefficient (Wildman–Crippen LogP) is 2.20. The zero-order valence-corrected chi connectivity index (χ0v) is 17.0. The molecule has 0 saturated carbocycles. The molecule has 1 heterocycles. The summed E-state index contributed by atoms with van der Waals surface area (Å²) in [6, 6.07) is -0.0476. The van der Waals surface area contributed by atoms with E-state index >= 15 is 0 Å². The predicted molar refractivity (Wildman–Crippen MR) is 104 cm³/mol. The maximum absolute atomic E-state index is 11.9. The Labute approximate surface area is 154 Å². The molecule has 0 aliphatic rings. The van der Waals surface area contributed by atoms with Crippen molar-refractivity contribution in [1.82, 2.24) is 20.5 Å². The number of ether oxygens (including phenoxy) is 1. The number of aliphatic imine (C=N–C) groups is 1. The summed E-state index contributed by atoms with van der Waals surface area (Å²) in [5, 5.41) is 7.44. The maximum Gasteiger partial charge on any atom is 0.350 e. The molecule has 1 aromatic rings. The van der Waals surface area contributed by atoms with E-state index < -0.39 is 0 Å². The Kier molecular flexibility index (Phi) is 9.44. The lowest BCUT2D eigenvalue weighted by Gasteiger charge is -2.17. The van der Waals surface area contributed by atoms with Gasteiger partial charge in [0.25, 0.3) is 0 Å². The van der Waals surface area contributed by atoms with Crippen molar-refractivity contribution in [3.63, 3.8) is 0 Å². The van der Waals surface area contributed by atoms with Gasteiger partial charge < -0.3 is 20.3 Å². The van der Waals surface area contributed by atoms with Crippen LogP contribution in [0.25, 0.3) is 0 Å². The molecule has 0 bridgehead atoms. The zero-order chi connectivity index (χ0) is 18.8. The fourth-order valence-corrected chi connectivity index (χ4v) is 3.03. The van der Waals surface area contributed by atoms with Crippen LogP contribution in [0.1, 0.15) is 54.1 Å². The molecule has 142 valence electrons. The van der Waals surface area contributed by atoms with E-state index in [0.29, 0.717) is 17.2 Å². The highest BCUT2D eigenvalue weighted by atomic mass is 32.1. The number of likely N-dealkylation sites (N-methyl/N-ethyl adjacent to an activating group) is 1. The first-order valence-corrected chi connectivity index (χ1v) is 9.62. The molecule has 0 radical (unpaired) electrons. The van der Waals surface area contributed by atoms with Gasteiger partial charge in [0.15, 0.2) is 5.96 Å². The van der Waals surface area contributed by atoms with Crippen LogP contribution in [0.2, 0.25) is 0 Å². The molecule has 8 heteroatoms. The number of hydrogen-bond acceptors (Lipinski definition) is 6. The monoisotopic (exact) mass is 369 g/mol. The van der Waals surface area contributed by atoms with Gasteiger partial charge in [-0.15, -0.1) is 11.3 Å². The van der Waals surface area contributed by atoms with Gasteiger partial charge in [-0.3, -0.25) is 4.99 Å². The third-order valence-electron chi connectivity index (χ3n) is 3.63. The first kappa shape index (κ1) is 21.4. The molecule has 0 aliphatic carbocycles. The van der Waals surface area contributed by atoms with Crippen molar-refractivity contribution >= 4 is 23.3 Å². The highest BCUT2D eigenvalue weighted by molar-refractivity contribution is 7.13. The topological polar surface area (TPSA) is 78.9 Å². The van der Waals surface area contributed by atoms with Crippen LogP contribution in [-0.2, 0) is 4.74 Å². The maximum atomic E-state index is 11.9. The van der Waals surface area contributed by atoms with Gasteiger partial charge >= 0.3 is 5.97 Å². The molecule has 0 spiro atoms. The average Bonchev–Trinajstić information content (AvgIpc) is 2.97. The summed E-state index contributed by atoms with van der Waals surface area (Å²) >= 11 is 1.37. The van der Waals surface area contributed by atoms with E-state index in [0.717, 1.165) is 37.1 Å². The number of carbonyl (C=O) groups is 1. The van der Waals surface area contributed by atoms with Gasteiger partial charge in [-0.1, -0.05) is 6.92 Å². The second kappa shape index (κ2) is 11.0. The minimum Gasteiger partial charge on any atom is -0.462 e. The van der Waals surface area contributed by atoms with Crippen LogP contribution in [0.4, 0.5) is 0 Å². The number of nitrogens with one attached hydrogen (secondary N) is 2. The van der Waals surface area contributed by atoms with E-state index in [1.54, 1.807) is 6.92 Å². The van der Waals surface area contributed by atoms with Crippen molar-refractivity contribution in [3.05, 3.63) is 15.6 Å². The summed E-state index contributed by atoms with van der Waals surface area (Å²) in [6.07, 6.45) is 0. The Balaban J connectivity index is 2.76. The standard InChI is InChI=1S/C17H31N5O2S/c1-7-18-17(19-10-11-22(6)8-2)21-13(5)15-20-12(4)14(25-15)16(23)24-9-3/h13H,7-11H2,1-6H3,(H2,18,19,21). The molecule has 0 aromatic carbocycles. The summed E-state index contributed by atoms with van der Waals surface area (Å²) < 4.78 is 5.08. The van der Waals surface area contributed by atoms with Crippen molar-refractivity contribution in [1.29, 1.82) is 0 Å². The third kappa shape index (κ3) is 6.99. The molecule has 7 nitrogen and oxygen atoms in total. The van der Waals surface area contributed by atoms with Crippen LogP contribution < -0.4 is 10.6 Å². The minimum atomic E-state index is -0.306. The summed E-state index contributed by atoms with van der Waals surface area (Å²) in [5.41, 5.74) is 0.707. The van der Waals surface area contributed by atoms with Gasteiger partial charge in [-0.05, 0) is 41.3 Å². The van der Waals surface area contributed by atoms with Crippen molar-refractivity contribution in [2.75, 3.05) is 39.8 Å². The fraction of sp³-hybridized carbons (Fsp3) is 0.706. The third-order valence-corrected chi connectivity index (χ3v) is 4.95. The fourth-order valence-electron chi connectivity index (χ4n) is 2.07. The highest BCUT2D eigenvalue weighted by Crippen LogP contribution is 2.24. The van der Waals surface area contributed by atoms with Crippen molar-refractivity contribution in [2.24, 2.45) is 4.99 Å². The van der Waals surface area contributed by atoms with Crippen LogP contribution in [0, 0.1) is 6.92 Å². The Hall–Kier alpha value is -1.67. The first-order chi connectivity index (χ1) is 11.9. The molecule has 1 unspecified atom stereocenters. The average molecular weight is 370 g/mol. The molecule has 0 aliphatic heterocycles. The second-order valence-electron chi connectivity index (χ2n) is 5.71. The van der Waals surface area contributed by atoms with Crippen LogP contribution in [0.5, 0.6) is 0 Å². The molecule has 1 aromatic heterocycles. The van der Waals surface area contributed by atoms with Gasteiger partial charge in [0, 0.05) is 13.1 Å². The minimum absolute atomic E-state index is 0.0476. The Morgan fingerprint density at radius 2 is 2.12 bits per heavy atom. The number of carbonyl (C=O) groups excluding carboxylic acids is 1. The van der Waals surface area contributed by atoms with Crippen LogP contribution in [0.15, 0.2) is 4.99 Å². The first-order valence-electron chi connectivity index (χ1n) is 8.80. The van der Waals surface area contributed by atoms with E-state index in [4.69, 9.17) is 4.74 Å². The summed E-state index contributed by atoms with van der Waals surface area (Å²) in [4.78, 5) is 23.8. The van der Waals surface area contributed by atoms with E-state index in [2.05, 4.69) is 39.5 Å². The Morgan fingerprint density at radius 3 is 2.72 bits per heavy atom. The normalized spacial score (nSPS) is 13.0. The molecule has 0 amide bonds. The van der Waals surface area contributed by atoms with Crippen molar-refractivity contribution < 1.29 is 9.53 Å². The second-order valence-corrected chi connectivity index (χ2v) is 6.74. The molecule has 0 fully saturated rings. The summed E-state index contributed by atoms with van der Waals surface area (Å²) in [6.45, 7) is 13.6. The number of rotatable bonds is 9. The van der Waals surface area contributed by atoms with Crippen molar-refractivity contribution in [3.8, 4) is 0 Å². The lowest BCUT2D eigenvalue weighted by Crippen LogP contribution is -2.39. The van der Waals surface area contributed by atoms with Gasteiger partial charge in [0.1, 0.15) is 9.88 Å². The zero-order valence-electron chi connectivity index (χ0n) is 16.2. The number of guanidine groups is 1. The van der Waals surface area contributed by atoms with E-state index in [1.807, 2.05) is 20.8 Å². The van der Waals surface area contributed by atoms with Crippen LogP contribution >= 0.6 is 11.3 Å². The van der Waals surface area contributed by atoms with E-state index in [9.17, 15) is 4.79 Å². The SMILES string of the molecule is CCNC(=NCCN(C)CC)NC(C)c1nc(C)c(C(=O)OCC)s1. The molecule has 1 atom stereocenters. The molecular formula is C17H31N5O2S. The van der Waals surface area contributed by atoms with E-state index in [-0.39, 0.29) is 12.0 Å². The quantitative estimate of drug-likeness (QED) is 0.395. The molecule has 1 rings (SSSR count). The molecular weight excluding hydrogens is 338 g/mol. The number of nitrogens with zero attached hydrogens (tertiary/aromatic N) is 3. The van der Waals surface area contributed by atoms with Crippen molar-refractivity contribution in [2.45, 2.75) is 40.7 Å². The summed E-state index contributed by atoms with van der Waals surface area (Å²) in [5.74, 6) is 0.448. The lowest BCUT2D eigenvalue weighted by molar-refractivity contribution is 0.0531. The smallest absolute Gasteiger partial charge is 0.350 e. The van der Waals surface area contributed by atoms with Gasteiger partial charge in [-0.25, -0.2) is 9.78 Å². The highest BCUT2D eigenvalue weighted by Gasteiger charge is 2.20. The largest absolute Gasteiger partial charge is 0.462 e.